The smallest absolute Gasteiger partial charge is 0.407 e. The molecule has 0 saturated carbocycles. The van der Waals surface area contributed by atoms with Gasteiger partial charge in [-0.3, -0.25) is 0 Å². The minimum atomic E-state index is -3.20. The highest BCUT2D eigenvalue weighted by atomic mass is 79.9. The monoisotopic (exact) mass is 468 g/mol. The van der Waals surface area contributed by atoms with E-state index in [1.54, 1.807) is 30.3 Å². The van der Waals surface area contributed by atoms with Crippen LogP contribution in [0, 0.1) is 0 Å². The minimum Gasteiger partial charge on any atom is -0.465 e. The van der Waals surface area contributed by atoms with Gasteiger partial charge in [-0.2, -0.15) is 0 Å². The van der Waals surface area contributed by atoms with E-state index < -0.39 is 30.6 Å². The van der Waals surface area contributed by atoms with E-state index in [1.165, 1.54) is 0 Å². The SMILES string of the molecule is Nc1ccccc1CC[C@@H]1CN(C(=O)O)C[C@@H](C(F)(F)Cc2ccc(Br)cc2)O1. The van der Waals surface area contributed by atoms with Gasteiger partial charge in [0.05, 0.1) is 19.2 Å². The first-order valence-corrected chi connectivity index (χ1v) is 10.1. The van der Waals surface area contributed by atoms with Gasteiger partial charge < -0.3 is 20.5 Å². The normalized spacial score (nSPS) is 19.9. The lowest BCUT2D eigenvalue weighted by atomic mass is 9.99. The fourth-order valence-corrected chi connectivity index (χ4v) is 3.72. The van der Waals surface area contributed by atoms with Gasteiger partial charge in [-0.25, -0.2) is 13.6 Å². The number of hydrogen-bond donors (Lipinski definition) is 2. The third-order valence-corrected chi connectivity index (χ3v) is 5.58. The summed E-state index contributed by atoms with van der Waals surface area (Å²) in [4.78, 5) is 12.5. The summed E-state index contributed by atoms with van der Waals surface area (Å²) in [7, 11) is 0. The highest BCUT2D eigenvalue weighted by Crippen LogP contribution is 2.32. The van der Waals surface area contributed by atoms with Crippen molar-refractivity contribution in [2.45, 2.75) is 37.4 Å². The molecular formula is C21H23BrF2N2O3. The number of benzene rings is 2. The molecule has 5 nitrogen and oxygen atoms in total. The van der Waals surface area contributed by atoms with Crippen molar-refractivity contribution < 1.29 is 23.4 Å². The number of halogens is 3. The van der Waals surface area contributed by atoms with Gasteiger partial charge in [-0.1, -0.05) is 46.3 Å². The van der Waals surface area contributed by atoms with Crippen molar-refractivity contribution in [3.63, 3.8) is 0 Å². The van der Waals surface area contributed by atoms with Gasteiger partial charge in [-0.05, 0) is 42.2 Å². The maximum Gasteiger partial charge on any atom is 0.407 e. The molecule has 1 aliphatic heterocycles. The Kier molecular flexibility index (Phi) is 6.74. The number of nitrogen functional groups attached to an aromatic ring is 1. The summed E-state index contributed by atoms with van der Waals surface area (Å²) >= 11 is 3.28. The molecule has 0 spiro atoms. The molecular weight excluding hydrogens is 446 g/mol. The summed E-state index contributed by atoms with van der Waals surface area (Å²) < 4.78 is 36.4. The predicted molar refractivity (Wildman–Crippen MR) is 110 cm³/mol. The number of alkyl halides is 2. The molecule has 1 aliphatic rings. The lowest BCUT2D eigenvalue weighted by Gasteiger charge is -2.40. The summed E-state index contributed by atoms with van der Waals surface area (Å²) in [5, 5.41) is 9.39. The molecule has 1 heterocycles. The standard InChI is InChI=1S/C21H23BrF2N2O3/c22-16-8-5-14(6-9-16)11-21(23,24)19-13-26(20(27)28)12-17(29-19)10-7-15-3-1-2-4-18(15)25/h1-6,8-9,17,19H,7,10-13,25H2,(H,27,28)/t17-,19+/m1/s1. The van der Waals surface area contributed by atoms with Crippen molar-refractivity contribution in [3.8, 4) is 0 Å². The Morgan fingerprint density at radius 2 is 1.90 bits per heavy atom. The average Bonchev–Trinajstić information content (AvgIpc) is 2.69. The largest absolute Gasteiger partial charge is 0.465 e. The van der Waals surface area contributed by atoms with Gasteiger partial charge in [0.1, 0.15) is 6.10 Å². The van der Waals surface area contributed by atoms with Crippen molar-refractivity contribution in [1.29, 1.82) is 0 Å². The second-order valence-electron chi connectivity index (χ2n) is 7.24. The van der Waals surface area contributed by atoms with Crippen molar-refractivity contribution >= 4 is 27.7 Å². The van der Waals surface area contributed by atoms with Crippen LogP contribution in [0.5, 0.6) is 0 Å². The van der Waals surface area contributed by atoms with E-state index >= 15 is 0 Å². The van der Waals surface area contributed by atoms with Crippen LogP contribution < -0.4 is 5.73 Å². The zero-order chi connectivity index (χ0) is 21.0. The maximum absolute atomic E-state index is 15.0. The van der Waals surface area contributed by atoms with E-state index in [0.717, 1.165) is 14.9 Å². The number of carboxylic acid groups (broad SMARTS) is 1. The molecule has 0 aromatic heterocycles. The summed E-state index contributed by atoms with van der Waals surface area (Å²) in [5.74, 6) is -3.20. The Balaban J connectivity index is 1.70. The molecule has 1 fully saturated rings. The van der Waals surface area contributed by atoms with E-state index in [-0.39, 0.29) is 13.1 Å². The van der Waals surface area contributed by atoms with Crippen LogP contribution >= 0.6 is 15.9 Å². The molecule has 3 N–H and O–H groups in total. The summed E-state index contributed by atoms with van der Waals surface area (Å²) in [6.45, 7) is -0.296. The van der Waals surface area contributed by atoms with E-state index in [0.29, 0.717) is 24.1 Å². The van der Waals surface area contributed by atoms with Gasteiger partial charge >= 0.3 is 6.09 Å². The summed E-state index contributed by atoms with van der Waals surface area (Å²) in [6, 6.07) is 13.9. The fraction of sp³-hybridized carbons (Fsp3) is 0.381. The number of ether oxygens (including phenoxy) is 1. The third-order valence-electron chi connectivity index (χ3n) is 5.05. The fourth-order valence-electron chi connectivity index (χ4n) is 3.45. The number of hydrogen-bond acceptors (Lipinski definition) is 3. The van der Waals surface area contributed by atoms with E-state index in [9.17, 15) is 18.7 Å². The quantitative estimate of drug-likeness (QED) is 0.607. The first-order valence-electron chi connectivity index (χ1n) is 9.33. The Hall–Kier alpha value is -2.19. The van der Waals surface area contributed by atoms with Crippen molar-refractivity contribution in [1.82, 2.24) is 4.90 Å². The molecule has 0 radical (unpaired) electrons. The molecule has 2 aromatic carbocycles. The molecule has 156 valence electrons. The zero-order valence-corrected chi connectivity index (χ0v) is 17.3. The molecule has 3 rings (SSSR count). The highest BCUT2D eigenvalue weighted by molar-refractivity contribution is 9.10. The van der Waals surface area contributed by atoms with Crippen LogP contribution in [-0.4, -0.2) is 47.3 Å². The molecule has 8 heteroatoms. The zero-order valence-electron chi connectivity index (χ0n) is 15.7. The Morgan fingerprint density at radius 1 is 1.21 bits per heavy atom. The molecule has 1 amide bonds. The Morgan fingerprint density at radius 3 is 2.55 bits per heavy atom. The number of nitrogens with two attached hydrogens (primary N) is 1. The van der Waals surface area contributed by atoms with Crippen LogP contribution in [0.1, 0.15) is 17.5 Å². The van der Waals surface area contributed by atoms with Gasteiger partial charge in [-0.15, -0.1) is 0 Å². The number of rotatable bonds is 6. The number of anilines is 1. The molecule has 0 unspecified atom stereocenters. The molecule has 29 heavy (non-hydrogen) atoms. The first kappa shape index (κ1) is 21.5. The number of aryl methyl sites for hydroxylation is 1. The van der Waals surface area contributed by atoms with E-state index in [1.807, 2.05) is 18.2 Å². The van der Waals surface area contributed by atoms with Gasteiger partial charge in [0.15, 0.2) is 0 Å². The van der Waals surface area contributed by atoms with Crippen molar-refractivity contribution in [2.24, 2.45) is 0 Å². The summed E-state index contributed by atoms with van der Waals surface area (Å²) in [6.07, 6.45) is -2.94. The van der Waals surface area contributed by atoms with Crippen LogP contribution in [0.2, 0.25) is 0 Å². The van der Waals surface area contributed by atoms with Gasteiger partial charge in [0.2, 0.25) is 0 Å². The lowest BCUT2D eigenvalue weighted by Crippen LogP contribution is -2.56. The van der Waals surface area contributed by atoms with Crippen molar-refractivity contribution in [3.05, 3.63) is 64.1 Å². The first-order chi connectivity index (χ1) is 13.7. The van der Waals surface area contributed by atoms with Crippen LogP contribution in [-0.2, 0) is 17.6 Å². The minimum absolute atomic E-state index is 0.0624. The predicted octanol–water partition coefficient (Wildman–Crippen LogP) is 4.59. The molecule has 0 bridgehead atoms. The van der Waals surface area contributed by atoms with Crippen LogP contribution in [0.4, 0.5) is 19.3 Å². The number of nitrogens with zero attached hydrogens (tertiary/aromatic N) is 1. The van der Waals surface area contributed by atoms with Crippen LogP contribution in [0.15, 0.2) is 53.0 Å². The molecule has 2 aromatic rings. The maximum atomic E-state index is 15.0. The lowest BCUT2D eigenvalue weighted by molar-refractivity contribution is -0.188. The number of amides is 1. The molecule has 2 atom stereocenters. The number of para-hydroxylation sites is 1. The van der Waals surface area contributed by atoms with Crippen LogP contribution in [0.25, 0.3) is 0 Å². The average molecular weight is 469 g/mol. The number of carbonyl (C=O) groups is 1. The second-order valence-corrected chi connectivity index (χ2v) is 8.15. The van der Waals surface area contributed by atoms with Crippen LogP contribution in [0.3, 0.4) is 0 Å². The molecule has 0 aliphatic carbocycles. The Bertz CT molecular complexity index is 848. The van der Waals surface area contributed by atoms with Gasteiger partial charge in [0.25, 0.3) is 5.92 Å². The number of morpholine rings is 1. The second kappa shape index (κ2) is 9.09. The summed E-state index contributed by atoms with van der Waals surface area (Å²) in [5.41, 5.74) is 7.91. The highest BCUT2D eigenvalue weighted by Gasteiger charge is 2.46. The molecule has 1 saturated heterocycles. The van der Waals surface area contributed by atoms with E-state index in [2.05, 4.69) is 15.9 Å². The van der Waals surface area contributed by atoms with Gasteiger partial charge in [0, 0.05) is 16.6 Å². The topological polar surface area (TPSA) is 75.8 Å². The van der Waals surface area contributed by atoms with Crippen molar-refractivity contribution in [2.75, 3.05) is 18.8 Å². The Labute approximate surface area is 176 Å². The third kappa shape index (κ3) is 5.67. The van der Waals surface area contributed by atoms with E-state index in [4.69, 9.17) is 10.5 Å².